The fourth-order valence-corrected chi connectivity index (χ4v) is 14.0. The molecule has 1 aromatic carbocycles. The van der Waals surface area contributed by atoms with Crippen LogP contribution in [0.25, 0.3) is 11.1 Å². The number of ether oxygens (including phenoxy) is 3. The van der Waals surface area contributed by atoms with Gasteiger partial charge in [-0.3, -0.25) is 39.1 Å². The molecule has 87 heavy (non-hydrogen) atoms. The summed E-state index contributed by atoms with van der Waals surface area (Å²) in [5.41, 5.74) is 13.6. The number of likely N-dealkylation sites (tertiary alicyclic amines) is 2. The molecule has 2 aromatic rings. The average molecular weight is 1210 g/mol. The van der Waals surface area contributed by atoms with Gasteiger partial charge >= 0.3 is 0 Å². The highest BCUT2D eigenvalue weighted by Crippen LogP contribution is 2.44. The van der Waals surface area contributed by atoms with Crippen LogP contribution in [0.3, 0.4) is 0 Å². The lowest BCUT2D eigenvalue weighted by Crippen LogP contribution is -2.69. The molecule has 6 fully saturated rings. The predicted octanol–water partition coefficient (Wildman–Crippen LogP) is 12.3. The number of unbranched alkanes of at least 4 members (excludes halogenated alkanes) is 1. The lowest BCUT2D eigenvalue weighted by molar-refractivity contribution is -0.191. The van der Waals surface area contributed by atoms with Gasteiger partial charge in [0.05, 0.1) is 56.2 Å². The van der Waals surface area contributed by atoms with Gasteiger partial charge in [0.25, 0.3) is 11.9 Å². The summed E-state index contributed by atoms with van der Waals surface area (Å²) in [5, 5.41) is 12.8. The SMILES string of the molecule is CC(=O)O.CCC.CCCCN(NCCC(C)(C)C/C(=C(/C)c1cc(N2CCN(C3CC3)CC2)cnc1C(C)OC)c1cc(N2CCOCC2)ccc1C)C(=O)C(CN1CC2(COC2)C1)NC(=O)C(C(C)C)N1CCCC1(C)CCCC(C)(CC)CC. The van der Waals surface area contributed by atoms with Gasteiger partial charge in [-0.1, -0.05) is 107 Å². The number of carboxylic acids is 1. The number of piperazine rings is 1. The maximum Gasteiger partial charge on any atom is 0.300 e. The largest absolute Gasteiger partial charge is 0.481 e. The molecule has 8 rings (SSSR count). The van der Waals surface area contributed by atoms with Gasteiger partial charge in [-0.05, 0) is 149 Å². The Morgan fingerprint density at radius 2 is 1.49 bits per heavy atom. The van der Waals surface area contributed by atoms with Crippen molar-refractivity contribution in [3.63, 3.8) is 0 Å². The number of amides is 2. The average Bonchev–Trinajstić information content (AvgIpc) is 1.38. The van der Waals surface area contributed by atoms with Crippen LogP contribution in [0.4, 0.5) is 11.4 Å². The van der Waals surface area contributed by atoms with Crippen molar-refractivity contribution in [2.24, 2.45) is 22.2 Å². The molecular formula is C71H121N9O7. The van der Waals surface area contributed by atoms with Gasteiger partial charge in [-0.15, -0.1) is 0 Å². The second kappa shape index (κ2) is 33.2. The first-order valence-corrected chi connectivity index (χ1v) is 34.2. The first-order chi connectivity index (χ1) is 41.4. The molecule has 1 saturated carbocycles. The molecular weight excluding hydrogens is 1090 g/mol. The second-order valence-electron chi connectivity index (χ2n) is 28.6. The van der Waals surface area contributed by atoms with E-state index in [1.165, 1.54) is 72.2 Å². The van der Waals surface area contributed by atoms with Crippen LogP contribution in [0.5, 0.6) is 0 Å². The Morgan fingerprint density at radius 3 is 2.07 bits per heavy atom. The smallest absolute Gasteiger partial charge is 0.300 e. The molecule has 1 aliphatic carbocycles. The lowest BCUT2D eigenvalue weighted by Gasteiger charge is -2.55. The highest BCUT2D eigenvalue weighted by atomic mass is 16.5. The Bertz CT molecular complexity index is 2500. The fourth-order valence-electron chi connectivity index (χ4n) is 14.0. The number of nitrogens with zero attached hydrogens (tertiary/aromatic N) is 7. The number of rotatable bonds is 29. The summed E-state index contributed by atoms with van der Waals surface area (Å²) in [6.07, 6.45) is 17.2. The number of methoxy groups -OCH3 is 1. The number of hydrogen-bond acceptors (Lipinski definition) is 13. The van der Waals surface area contributed by atoms with Crippen LogP contribution < -0.4 is 20.5 Å². The number of nitrogens with one attached hydrogen (secondary N) is 2. The molecule has 16 nitrogen and oxygen atoms in total. The van der Waals surface area contributed by atoms with Crippen LogP contribution in [0, 0.1) is 29.1 Å². The minimum Gasteiger partial charge on any atom is -0.481 e. The fraction of sp³-hybridized carbons (Fsp3) is 0.775. The molecule has 6 heterocycles. The zero-order valence-electron chi connectivity index (χ0n) is 57.5. The Kier molecular flexibility index (Phi) is 27.5. The number of allylic oxidation sites excluding steroid dienone is 2. The maximum absolute atomic E-state index is 15.3. The third-order valence-corrected chi connectivity index (χ3v) is 20.2. The van der Waals surface area contributed by atoms with Crippen molar-refractivity contribution in [2.75, 3.05) is 122 Å². The summed E-state index contributed by atoms with van der Waals surface area (Å²) in [4.78, 5) is 57.2. The first-order valence-electron chi connectivity index (χ1n) is 34.2. The van der Waals surface area contributed by atoms with Crippen molar-refractivity contribution in [3.8, 4) is 0 Å². The van der Waals surface area contributed by atoms with Gasteiger partial charge in [-0.25, -0.2) is 5.43 Å². The molecule has 3 N–H and O–H groups in total. The lowest BCUT2D eigenvalue weighted by atomic mass is 9.77. The number of aryl methyl sites for hydroxylation is 1. The molecule has 4 atom stereocenters. The summed E-state index contributed by atoms with van der Waals surface area (Å²) >= 11 is 0. The molecule has 5 saturated heterocycles. The van der Waals surface area contributed by atoms with Crippen LogP contribution in [-0.4, -0.2) is 183 Å². The number of benzene rings is 1. The molecule has 16 heteroatoms. The van der Waals surface area contributed by atoms with Crippen LogP contribution in [-0.2, 0) is 28.6 Å². The summed E-state index contributed by atoms with van der Waals surface area (Å²) in [6.45, 7) is 46.1. The van der Waals surface area contributed by atoms with Crippen LogP contribution in [0.2, 0.25) is 0 Å². The third-order valence-electron chi connectivity index (χ3n) is 20.2. The van der Waals surface area contributed by atoms with Crippen molar-refractivity contribution < 1.29 is 33.7 Å². The highest BCUT2D eigenvalue weighted by molar-refractivity contribution is 5.93. The van der Waals surface area contributed by atoms with Gasteiger partial charge in [0.2, 0.25) is 5.91 Å². The van der Waals surface area contributed by atoms with Gasteiger partial charge in [0.15, 0.2) is 0 Å². The quantitative estimate of drug-likeness (QED) is 0.0662. The number of anilines is 2. The molecule has 1 aromatic heterocycles. The van der Waals surface area contributed by atoms with Crippen molar-refractivity contribution in [3.05, 3.63) is 52.8 Å². The highest BCUT2D eigenvalue weighted by Gasteiger charge is 2.51. The number of hydrogen-bond donors (Lipinski definition) is 3. The molecule has 0 radical (unpaired) electrons. The number of carboxylic acid groups (broad SMARTS) is 1. The van der Waals surface area contributed by atoms with E-state index in [1.54, 1.807) is 7.11 Å². The first kappa shape index (κ1) is 71.9. The zero-order chi connectivity index (χ0) is 63.7. The van der Waals surface area contributed by atoms with E-state index in [0.717, 1.165) is 161 Å². The minimum absolute atomic E-state index is 0.0141. The minimum atomic E-state index is -0.833. The van der Waals surface area contributed by atoms with E-state index in [0.29, 0.717) is 25.0 Å². The molecule has 0 bridgehead atoms. The summed E-state index contributed by atoms with van der Waals surface area (Å²) in [5.74, 6) is -0.805. The normalized spacial score (nSPS) is 21.4. The molecule has 2 amide bonds. The standard InChI is InChI=1S/C66H109N9O5.C3H8.C2H4O2/c1-14-17-30-75(62(77)58(43-70-44-66(45-70)46-80-47-66)69-61(76)60(48(4)5)74-29-19-26-65(74,12)25-18-24-64(11,15-2)16-3)68-28-27-63(9,10)41-57(55-39-53(21-20-49(55)6)73-35-37-79-38-36-73)50(7)56-40-54(42-67-59(56)51(8)78-13)72-33-31-71(32-34-72)52-22-23-52;1-3-2;1-2(3)4/h20-21,39-40,42,48,51-52,58,60,68H,14-19,22-38,41,43-47H2,1-13H3,(H,69,76);3H2,1-2H3;1H3,(H,3,4)/b57-50+;;. The van der Waals surface area contributed by atoms with Crippen molar-refractivity contribution in [1.29, 1.82) is 0 Å². The van der Waals surface area contributed by atoms with Crippen molar-refractivity contribution in [2.45, 2.75) is 224 Å². The number of pyridine rings is 1. The zero-order valence-corrected chi connectivity index (χ0v) is 57.5. The molecule has 492 valence electrons. The van der Waals surface area contributed by atoms with E-state index in [4.69, 9.17) is 29.1 Å². The van der Waals surface area contributed by atoms with Crippen LogP contribution in [0.1, 0.15) is 215 Å². The summed E-state index contributed by atoms with van der Waals surface area (Å²) in [6, 6.07) is 9.16. The van der Waals surface area contributed by atoms with E-state index in [1.807, 2.05) is 5.01 Å². The van der Waals surface area contributed by atoms with Crippen molar-refractivity contribution in [1.82, 2.24) is 35.4 Å². The van der Waals surface area contributed by atoms with E-state index in [-0.39, 0.29) is 46.2 Å². The molecule has 4 unspecified atom stereocenters. The van der Waals surface area contributed by atoms with E-state index < -0.39 is 12.0 Å². The Hall–Kier alpha value is -4.16. The van der Waals surface area contributed by atoms with Gasteiger partial charge in [0, 0.05) is 114 Å². The Labute approximate surface area is 527 Å². The van der Waals surface area contributed by atoms with Gasteiger partial charge in [-0.2, -0.15) is 0 Å². The number of aliphatic carboxylic acids is 1. The van der Waals surface area contributed by atoms with Gasteiger partial charge in [0.1, 0.15) is 6.04 Å². The number of carbonyl (C=O) groups excluding carboxylic acids is 2. The molecule has 5 aliphatic heterocycles. The molecule has 6 aliphatic rings. The van der Waals surface area contributed by atoms with Crippen molar-refractivity contribution >= 4 is 40.3 Å². The van der Waals surface area contributed by atoms with Crippen LogP contribution >= 0.6 is 0 Å². The second-order valence-corrected chi connectivity index (χ2v) is 28.6. The number of morpholine rings is 1. The van der Waals surface area contributed by atoms with Gasteiger partial charge < -0.3 is 34.4 Å². The summed E-state index contributed by atoms with van der Waals surface area (Å²) in [7, 11) is 1.78. The Balaban J connectivity index is 0.00000164. The maximum atomic E-state index is 15.3. The monoisotopic (exact) mass is 1210 g/mol. The van der Waals surface area contributed by atoms with E-state index in [9.17, 15) is 0 Å². The number of aromatic nitrogens is 1. The number of carbonyl (C=O) groups is 3. The van der Waals surface area contributed by atoms with E-state index >= 15 is 9.59 Å². The number of hydrazine groups is 1. The third kappa shape index (κ3) is 19.9. The Morgan fingerprint density at radius 1 is 0.862 bits per heavy atom. The topological polar surface area (TPSA) is 156 Å². The van der Waals surface area contributed by atoms with E-state index in [2.05, 4.69) is 163 Å². The molecule has 1 spiro atoms. The summed E-state index contributed by atoms with van der Waals surface area (Å²) < 4.78 is 17.5. The van der Waals surface area contributed by atoms with Crippen LogP contribution in [0.15, 0.2) is 30.5 Å². The predicted molar refractivity (Wildman–Crippen MR) is 357 cm³/mol.